The van der Waals surface area contributed by atoms with Crippen molar-refractivity contribution in [2.45, 2.75) is 22.6 Å². The van der Waals surface area contributed by atoms with Crippen molar-refractivity contribution in [3.8, 4) is 5.75 Å². The lowest BCUT2D eigenvalue weighted by Crippen LogP contribution is -2.41. The molecule has 1 aliphatic rings. The van der Waals surface area contributed by atoms with E-state index in [0.717, 1.165) is 12.3 Å². The molecule has 0 atom stereocenters. The highest BCUT2D eigenvalue weighted by Crippen LogP contribution is 2.31. The first-order chi connectivity index (χ1) is 15.4. The van der Waals surface area contributed by atoms with Gasteiger partial charge in [0.1, 0.15) is 5.75 Å². The van der Waals surface area contributed by atoms with Gasteiger partial charge in [0.05, 0.1) is 27.5 Å². The molecule has 0 bridgehead atoms. The highest BCUT2D eigenvalue weighted by molar-refractivity contribution is 7.91. The van der Waals surface area contributed by atoms with Gasteiger partial charge in [-0.25, -0.2) is 16.8 Å². The molecule has 2 aromatic carbocycles. The van der Waals surface area contributed by atoms with E-state index in [4.69, 9.17) is 4.74 Å². The fourth-order valence-corrected chi connectivity index (χ4v) is 5.77. The van der Waals surface area contributed by atoms with Gasteiger partial charge in [-0.3, -0.25) is 14.9 Å². The average Bonchev–Trinajstić information content (AvgIpc) is 2.78. The Hall–Kier alpha value is -3.03. The number of methoxy groups -OCH3 is 1. The molecule has 33 heavy (non-hydrogen) atoms. The average molecular weight is 498 g/mol. The number of ether oxygens (including phenoxy) is 1. The predicted molar refractivity (Wildman–Crippen MR) is 119 cm³/mol. The molecule has 1 aliphatic heterocycles. The molecule has 0 saturated carbocycles. The zero-order chi connectivity index (χ0) is 24.4. The summed E-state index contributed by atoms with van der Waals surface area (Å²) in [7, 11) is -6.13. The van der Waals surface area contributed by atoms with Crippen molar-refractivity contribution < 1.29 is 31.3 Å². The SMILES string of the molecule is COc1ccc([N+](=O)[O-])cc1NC(=O)C1CCN(S(=O)(=O)c2cccc(S(C)(=O)=O)c2)CC1. The van der Waals surface area contributed by atoms with Crippen LogP contribution in [0.3, 0.4) is 0 Å². The quantitative estimate of drug-likeness (QED) is 0.450. The standard InChI is InChI=1S/C20H23N3O8S2/c1-31-19-7-6-15(23(25)26)12-18(19)21-20(24)14-8-10-22(11-9-14)33(29,30)17-5-3-4-16(13-17)32(2,27)28/h3-7,12-14H,8-11H2,1-2H3,(H,21,24). The minimum Gasteiger partial charge on any atom is -0.495 e. The molecule has 11 nitrogen and oxygen atoms in total. The highest BCUT2D eigenvalue weighted by Gasteiger charge is 2.33. The Kier molecular flexibility index (Phi) is 7.05. The molecule has 0 spiro atoms. The molecule has 178 valence electrons. The van der Waals surface area contributed by atoms with Gasteiger partial charge in [-0.05, 0) is 37.1 Å². The highest BCUT2D eigenvalue weighted by atomic mass is 32.2. The number of piperidine rings is 1. The summed E-state index contributed by atoms with van der Waals surface area (Å²) < 4.78 is 55.8. The van der Waals surface area contributed by atoms with Crippen molar-refractivity contribution in [1.82, 2.24) is 4.31 Å². The number of carbonyl (C=O) groups is 1. The number of non-ortho nitro benzene ring substituents is 1. The summed E-state index contributed by atoms with van der Waals surface area (Å²) in [4.78, 5) is 22.9. The van der Waals surface area contributed by atoms with Crippen LogP contribution < -0.4 is 10.1 Å². The summed E-state index contributed by atoms with van der Waals surface area (Å²) in [5.41, 5.74) is -0.0484. The molecule has 1 fully saturated rings. The smallest absolute Gasteiger partial charge is 0.271 e. The van der Waals surface area contributed by atoms with E-state index in [-0.39, 0.29) is 52.8 Å². The van der Waals surface area contributed by atoms with Gasteiger partial charge in [0.15, 0.2) is 9.84 Å². The topological polar surface area (TPSA) is 153 Å². The molecule has 0 aliphatic carbocycles. The Morgan fingerprint density at radius 2 is 1.73 bits per heavy atom. The predicted octanol–water partition coefficient (Wildman–Crippen LogP) is 2.05. The molecule has 1 amide bonds. The maximum atomic E-state index is 13.0. The van der Waals surface area contributed by atoms with Gasteiger partial charge in [0.2, 0.25) is 15.9 Å². The number of sulfone groups is 1. The van der Waals surface area contributed by atoms with Gasteiger partial charge < -0.3 is 10.1 Å². The Morgan fingerprint density at radius 1 is 1.09 bits per heavy atom. The lowest BCUT2D eigenvalue weighted by molar-refractivity contribution is -0.384. The number of carbonyl (C=O) groups excluding carboxylic acids is 1. The summed E-state index contributed by atoms with van der Waals surface area (Å²) in [6.45, 7) is 0.130. The monoisotopic (exact) mass is 497 g/mol. The van der Waals surface area contributed by atoms with Gasteiger partial charge in [0, 0.05) is 37.4 Å². The largest absolute Gasteiger partial charge is 0.495 e. The molecule has 0 aromatic heterocycles. The van der Waals surface area contributed by atoms with E-state index in [1.165, 1.54) is 47.8 Å². The van der Waals surface area contributed by atoms with Gasteiger partial charge in [-0.1, -0.05) is 6.07 Å². The molecular weight excluding hydrogens is 474 g/mol. The summed E-state index contributed by atoms with van der Waals surface area (Å²) in [6, 6.07) is 8.99. The lowest BCUT2D eigenvalue weighted by atomic mass is 9.97. The number of anilines is 1. The summed E-state index contributed by atoms with van der Waals surface area (Å²) in [5.74, 6) is -0.646. The Labute approximate surface area is 191 Å². The van der Waals surface area contributed by atoms with E-state index >= 15 is 0 Å². The normalized spacial score (nSPS) is 15.7. The molecular formula is C20H23N3O8S2. The maximum absolute atomic E-state index is 13.0. The summed E-state index contributed by atoms with van der Waals surface area (Å²) in [6.07, 6.45) is 1.46. The molecule has 1 saturated heterocycles. The number of hydrogen-bond donors (Lipinski definition) is 1. The minimum absolute atomic E-state index is 0.0651. The molecule has 0 radical (unpaired) electrons. The number of nitrogens with zero attached hydrogens (tertiary/aromatic N) is 2. The Morgan fingerprint density at radius 3 is 2.30 bits per heavy atom. The zero-order valence-electron chi connectivity index (χ0n) is 17.9. The third-order valence-electron chi connectivity index (χ3n) is 5.35. The summed E-state index contributed by atoms with van der Waals surface area (Å²) >= 11 is 0. The summed E-state index contributed by atoms with van der Waals surface area (Å²) in [5, 5.41) is 13.7. The van der Waals surface area contributed by atoms with Crippen molar-refractivity contribution in [3.63, 3.8) is 0 Å². The van der Waals surface area contributed by atoms with Crippen LogP contribution in [0.4, 0.5) is 11.4 Å². The van der Waals surface area contributed by atoms with Crippen molar-refractivity contribution in [2.24, 2.45) is 5.92 Å². The molecule has 13 heteroatoms. The van der Waals surface area contributed by atoms with E-state index < -0.39 is 36.6 Å². The van der Waals surface area contributed by atoms with Crippen LogP contribution in [-0.2, 0) is 24.7 Å². The number of benzene rings is 2. The number of nitrogens with one attached hydrogen (secondary N) is 1. The van der Waals surface area contributed by atoms with Crippen molar-refractivity contribution in [2.75, 3.05) is 31.8 Å². The third-order valence-corrected chi connectivity index (χ3v) is 8.35. The molecule has 1 N–H and O–H groups in total. The van der Waals surface area contributed by atoms with E-state index in [1.807, 2.05) is 0 Å². The van der Waals surface area contributed by atoms with E-state index in [2.05, 4.69) is 5.32 Å². The van der Waals surface area contributed by atoms with Gasteiger partial charge in [0.25, 0.3) is 5.69 Å². The fraction of sp³-hybridized carbons (Fsp3) is 0.350. The third kappa shape index (κ3) is 5.49. The second kappa shape index (κ2) is 9.45. The molecule has 0 unspecified atom stereocenters. The number of sulfonamides is 1. The van der Waals surface area contributed by atoms with Crippen LogP contribution in [0.25, 0.3) is 0 Å². The molecule has 2 aromatic rings. The second-order valence-corrected chi connectivity index (χ2v) is 11.5. The van der Waals surface area contributed by atoms with Crippen molar-refractivity contribution in [3.05, 3.63) is 52.6 Å². The number of rotatable bonds is 7. The number of nitro groups is 1. The number of amides is 1. The first kappa shape index (κ1) is 24.6. The van der Waals surface area contributed by atoms with Crippen LogP contribution in [0.15, 0.2) is 52.3 Å². The minimum atomic E-state index is -3.94. The number of hydrogen-bond acceptors (Lipinski definition) is 8. The maximum Gasteiger partial charge on any atom is 0.271 e. The van der Waals surface area contributed by atoms with Gasteiger partial charge in [-0.2, -0.15) is 4.31 Å². The first-order valence-electron chi connectivity index (χ1n) is 9.87. The van der Waals surface area contributed by atoms with Crippen LogP contribution in [0.2, 0.25) is 0 Å². The first-order valence-corrected chi connectivity index (χ1v) is 13.2. The second-order valence-electron chi connectivity index (χ2n) is 7.56. The molecule has 3 rings (SSSR count). The Bertz CT molecular complexity index is 1280. The Balaban J connectivity index is 1.70. The van der Waals surface area contributed by atoms with E-state index in [9.17, 15) is 31.7 Å². The fourth-order valence-electron chi connectivity index (χ4n) is 3.51. The van der Waals surface area contributed by atoms with Gasteiger partial charge >= 0.3 is 0 Å². The van der Waals surface area contributed by atoms with Crippen LogP contribution in [-0.4, -0.2) is 58.4 Å². The van der Waals surface area contributed by atoms with Crippen LogP contribution in [0.5, 0.6) is 5.75 Å². The van der Waals surface area contributed by atoms with Crippen molar-refractivity contribution in [1.29, 1.82) is 0 Å². The van der Waals surface area contributed by atoms with E-state index in [0.29, 0.717) is 0 Å². The van der Waals surface area contributed by atoms with Crippen LogP contribution in [0, 0.1) is 16.0 Å². The van der Waals surface area contributed by atoms with Crippen LogP contribution >= 0.6 is 0 Å². The van der Waals surface area contributed by atoms with Gasteiger partial charge in [-0.15, -0.1) is 0 Å². The zero-order valence-corrected chi connectivity index (χ0v) is 19.6. The number of nitro benzene ring substituents is 1. The van der Waals surface area contributed by atoms with E-state index in [1.54, 1.807) is 0 Å². The molecule has 1 heterocycles. The van der Waals surface area contributed by atoms with Crippen LogP contribution in [0.1, 0.15) is 12.8 Å². The van der Waals surface area contributed by atoms with Crippen molar-refractivity contribution >= 4 is 37.1 Å². The lowest BCUT2D eigenvalue weighted by Gasteiger charge is -2.30.